The van der Waals surface area contributed by atoms with Crippen molar-refractivity contribution in [3.63, 3.8) is 0 Å². The van der Waals surface area contributed by atoms with Crippen molar-refractivity contribution in [3.8, 4) is 0 Å². The third-order valence-electron chi connectivity index (χ3n) is 3.33. The SMILES string of the molecule is CC(C)(C)c1ccccc1NC(=O)NCc1cccc(Cl)c1. The summed E-state index contributed by atoms with van der Waals surface area (Å²) in [6, 6.07) is 15.1. The zero-order valence-corrected chi connectivity index (χ0v) is 13.9. The number of amides is 2. The number of carbonyl (C=O) groups excluding carboxylic acids is 1. The van der Waals surface area contributed by atoms with Crippen molar-refractivity contribution >= 4 is 23.3 Å². The highest BCUT2D eigenvalue weighted by Crippen LogP contribution is 2.29. The number of rotatable bonds is 3. The summed E-state index contributed by atoms with van der Waals surface area (Å²) in [5.74, 6) is 0. The molecule has 0 saturated carbocycles. The molecule has 0 radical (unpaired) electrons. The Labute approximate surface area is 136 Å². The molecular weight excluding hydrogens is 296 g/mol. The maximum absolute atomic E-state index is 12.1. The highest BCUT2D eigenvalue weighted by Gasteiger charge is 2.18. The number of urea groups is 1. The largest absolute Gasteiger partial charge is 0.334 e. The van der Waals surface area contributed by atoms with Crippen molar-refractivity contribution in [2.75, 3.05) is 5.32 Å². The lowest BCUT2D eigenvalue weighted by Gasteiger charge is -2.23. The van der Waals surface area contributed by atoms with Crippen LogP contribution in [0.2, 0.25) is 5.02 Å². The monoisotopic (exact) mass is 316 g/mol. The zero-order chi connectivity index (χ0) is 16.2. The lowest BCUT2D eigenvalue weighted by atomic mass is 9.86. The van der Waals surface area contributed by atoms with Gasteiger partial charge in [-0.25, -0.2) is 4.79 Å². The first kappa shape index (κ1) is 16.4. The Morgan fingerprint density at radius 2 is 1.82 bits per heavy atom. The molecule has 2 rings (SSSR count). The molecular formula is C18H21ClN2O. The summed E-state index contributed by atoms with van der Waals surface area (Å²) in [4.78, 5) is 12.1. The Kier molecular flexibility index (Phi) is 5.09. The van der Waals surface area contributed by atoms with E-state index in [0.717, 1.165) is 16.8 Å². The van der Waals surface area contributed by atoms with E-state index in [1.54, 1.807) is 0 Å². The van der Waals surface area contributed by atoms with E-state index in [1.807, 2.05) is 48.5 Å². The van der Waals surface area contributed by atoms with Crippen molar-refractivity contribution in [1.29, 1.82) is 0 Å². The molecule has 0 bridgehead atoms. The van der Waals surface area contributed by atoms with Gasteiger partial charge in [-0.15, -0.1) is 0 Å². The van der Waals surface area contributed by atoms with E-state index >= 15 is 0 Å². The average molecular weight is 317 g/mol. The fourth-order valence-corrected chi connectivity index (χ4v) is 2.45. The number of carbonyl (C=O) groups is 1. The second-order valence-corrected chi connectivity index (χ2v) is 6.67. The Bertz CT molecular complexity index is 662. The summed E-state index contributed by atoms with van der Waals surface area (Å²) in [5, 5.41) is 6.43. The van der Waals surface area contributed by atoms with Gasteiger partial charge in [0, 0.05) is 17.3 Å². The Balaban J connectivity index is 2.01. The molecule has 0 saturated heterocycles. The Morgan fingerprint density at radius 1 is 1.09 bits per heavy atom. The molecule has 0 fully saturated rings. The maximum atomic E-state index is 12.1. The molecule has 2 N–H and O–H groups in total. The second-order valence-electron chi connectivity index (χ2n) is 6.23. The van der Waals surface area contributed by atoms with E-state index in [0.29, 0.717) is 11.6 Å². The van der Waals surface area contributed by atoms with E-state index in [-0.39, 0.29) is 11.4 Å². The predicted octanol–water partition coefficient (Wildman–Crippen LogP) is 4.96. The molecule has 4 heteroatoms. The van der Waals surface area contributed by atoms with Crippen molar-refractivity contribution in [2.45, 2.75) is 32.7 Å². The van der Waals surface area contributed by atoms with Gasteiger partial charge in [-0.3, -0.25) is 0 Å². The van der Waals surface area contributed by atoms with Gasteiger partial charge in [-0.05, 0) is 34.7 Å². The quantitative estimate of drug-likeness (QED) is 0.825. The molecule has 2 aromatic carbocycles. The molecule has 0 unspecified atom stereocenters. The number of nitrogens with one attached hydrogen (secondary N) is 2. The van der Waals surface area contributed by atoms with Gasteiger partial charge >= 0.3 is 6.03 Å². The van der Waals surface area contributed by atoms with E-state index in [1.165, 1.54) is 0 Å². The summed E-state index contributed by atoms with van der Waals surface area (Å²) >= 11 is 5.93. The smallest absolute Gasteiger partial charge is 0.319 e. The standard InChI is InChI=1S/C18H21ClN2O/c1-18(2,3)15-9-4-5-10-16(15)21-17(22)20-12-13-7-6-8-14(19)11-13/h4-11H,12H2,1-3H3,(H2,20,21,22). The van der Waals surface area contributed by atoms with Gasteiger partial charge < -0.3 is 10.6 Å². The van der Waals surface area contributed by atoms with Crippen LogP contribution in [0.5, 0.6) is 0 Å². The molecule has 2 aromatic rings. The number of benzene rings is 2. The molecule has 0 aromatic heterocycles. The van der Waals surface area contributed by atoms with Crippen LogP contribution >= 0.6 is 11.6 Å². The first-order valence-corrected chi connectivity index (χ1v) is 7.63. The van der Waals surface area contributed by atoms with E-state index in [9.17, 15) is 4.79 Å². The minimum atomic E-state index is -0.225. The first-order chi connectivity index (χ1) is 10.4. The second kappa shape index (κ2) is 6.84. The van der Waals surface area contributed by atoms with Crippen LogP contribution in [-0.2, 0) is 12.0 Å². The fourth-order valence-electron chi connectivity index (χ4n) is 2.24. The van der Waals surface area contributed by atoms with Crippen LogP contribution in [0.25, 0.3) is 0 Å². The van der Waals surface area contributed by atoms with E-state index < -0.39 is 0 Å². The van der Waals surface area contributed by atoms with E-state index in [4.69, 9.17) is 11.6 Å². The highest BCUT2D eigenvalue weighted by molar-refractivity contribution is 6.30. The van der Waals surface area contributed by atoms with Gasteiger partial charge in [0.2, 0.25) is 0 Å². The van der Waals surface area contributed by atoms with Gasteiger partial charge in [0.15, 0.2) is 0 Å². The van der Waals surface area contributed by atoms with Crippen molar-refractivity contribution in [1.82, 2.24) is 5.32 Å². The highest BCUT2D eigenvalue weighted by atomic mass is 35.5. The van der Waals surface area contributed by atoms with Gasteiger partial charge in [-0.1, -0.05) is 62.7 Å². The molecule has 0 aliphatic heterocycles. The number of hydrogen-bond acceptors (Lipinski definition) is 1. The summed E-state index contributed by atoms with van der Waals surface area (Å²) in [6.07, 6.45) is 0. The Hall–Kier alpha value is -2.00. The molecule has 0 spiro atoms. The van der Waals surface area contributed by atoms with Crippen LogP contribution in [0.15, 0.2) is 48.5 Å². The van der Waals surface area contributed by atoms with Crippen LogP contribution in [0.3, 0.4) is 0 Å². The predicted molar refractivity (Wildman–Crippen MR) is 92.5 cm³/mol. The van der Waals surface area contributed by atoms with Gasteiger partial charge in [-0.2, -0.15) is 0 Å². The molecule has 116 valence electrons. The normalized spacial score (nSPS) is 11.1. The zero-order valence-electron chi connectivity index (χ0n) is 13.1. The topological polar surface area (TPSA) is 41.1 Å². The van der Waals surface area contributed by atoms with Crippen molar-refractivity contribution in [2.24, 2.45) is 0 Å². The van der Waals surface area contributed by atoms with Gasteiger partial charge in [0.05, 0.1) is 0 Å². The van der Waals surface area contributed by atoms with Crippen LogP contribution in [0.4, 0.5) is 10.5 Å². The molecule has 0 heterocycles. The Morgan fingerprint density at radius 3 is 2.50 bits per heavy atom. The number of para-hydroxylation sites is 1. The number of hydrogen-bond donors (Lipinski definition) is 2. The van der Waals surface area contributed by atoms with E-state index in [2.05, 4.69) is 31.4 Å². The molecule has 2 amide bonds. The third-order valence-corrected chi connectivity index (χ3v) is 3.56. The summed E-state index contributed by atoms with van der Waals surface area (Å²) < 4.78 is 0. The number of anilines is 1. The third kappa shape index (κ3) is 4.50. The lowest BCUT2D eigenvalue weighted by Crippen LogP contribution is -2.29. The summed E-state index contributed by atoms with van der Waals surface area (Å²) in [5.41, 5.74) is 2.87. The van der Waals surface area contributed by atoms with Crippen LogP contribution in [0.1, 0.15) is 31.9 Å². The average Bonchev–Trinajstić information content (AvgIpc) is 2.45. The maximum Gasteiger partial charge on any atom is 0.319 e. The molecule has 22 heavy (non-hydrogen) atoms. The molecule has 0 aliphatic carbocycles. The van der Waals surface area contributed by atoms with Crippen LogP contribution < -0.4 is 10.6 Å². The summed E-state index contributed by atoms with van der Waals surface area (Å²) in [7, 11) is 0. The minimum absolute atomic E-state index is 0.0309. The lowest BCUT2D eigenvalue weighted by molar-refractivity contribution is 0.251. The van der Waals surface area contributed by atoms with Crippen LogP contribution in [0, 0.1) is 0 Å². The molecule has 3 nitrogen and oxygen atoms in total. The number of halogens is 1. The first-order valence-electron chi connectivity index (χ1n) is 7.25. The molecule has 0 aliphatic rings. The van der Waals surface area contributed by atoms with Crippen LogP contribution in [-0.4, -0.2) is 6.03 Å². The van der Waals surface area contributed by atoms with Crippen molar-refractivity contribution in [3.05, 3.63) is 64.7 Å². The fraction of sp³-hybridized carbons (Fsp3) is 0.278. The van der Waals surface area contributed by atoms with Gasteiger partial charge in [0.25, 0.3) is 0 Å². The van der Waals surface area contributed by atoms with Crippen molar-refractivity contribution < 1.29 is 4.79 Å². The summed E-state index contributed by atoms with van der Waals surface area (Å²) in [6.45, 7) is 6.80. The minimum Gasteiger partial charge on any atom is -0.334 e. The molecule has 0 atom stereocenters. The van der Waals surface area contributed by atoms with Gasteiger partial charge in [0.1, 0.15) is 0 Å².